The molecule has 0 radical (unpaired) electrons. The highest BCUT2D eigenvalue weighted by Gasteiger charge is 2.48. The zero-order valence-electron chi connectivity index (χ0n) is 27.9. The quantitative estimate of drug-likeness (QED) is 0.152. The Morgan fingerprint density at radius 1 is 0.829 bits per heavy atom. The van der Waals surface area contributed by atoms with E-state index in [0.29, 0.717) is 34.9 Å². The van der Waals surface area contributed by atoms with Crippen molar-refractivity contribution in [3.05, 3.63) is 12.2 Å². The Morgan fingerprint density at radius 2 is 1.46 bits per heavy atom. The van der Waals surface area contributed by atoms with E-state index in [9.17, 15) is 4.79 Å². The van der Waals surface area contributed by atoms with Crippen molar-refractivity contribution in [1.29, 1.82) is 0 Å². The molecule has 0 aromatic rings. The second-order valence-electron chi connectivity index (χ2n) is 14.6. The van der Waals surface area contributed by atoms with Gasteiger partial charge in [0.2, 0.25) is 8.32 Å². The standard InChI is InChI=1S/C34H62O6Si/c1-22(2)12-11-13-27-16-28-15-14-26(9)33(38-28)20-29(36-10)17-30-18-32(19-31(37-30)21-34(35)39-27)40-41(23(3)4,24(5)6)25(7)8/h11,13,22-33H,12,14-21H2,1-10H3/b13-11+/t26-,27-,28-,29-,30-,31-,32+,33+/m0/s1. The van der Waals surface area contributed by atoms with Gasteiger partial charge in [0.05, 0.1) is 43.0 Å². The van der Waals surface area contributed by atoms with Crippen LogP contribution in [0.2, 0.25) is 16.6 Å². The molecule has 0 spiro atoms. The minimum atomic E-state index is -2.08. The lowest BCUT2D eigenvalue weighted by atomic mass is 9.87. The number of carbonyl (C=O) groups excluding carboxylic acids is 1. The van der Waals surface area contributed by atoms with Crippen LogP contribution in [0.15, 0.2) is 12.2 Å². The van der Waals surface area contributed by atoms with Crippen molar-refractivity contribution in [3.8, 4) is 0 Å². The van der Waals surface area contributed by atoms with E-state index < -0.39 is 8.32 Å². The summed E-state index contributed by atoms with van der Waals surface area (Å²) >= 11 is 0. The van der Waals surface area contributed by atoms with Crippen LogP contribution in [0.25, 0.3) is 0 Å². The summed E-state index contributed by atoms with van der Waals surface area (Å²) in [7, 11) is -0.269. The monoisotopic (exact) mass is 594 g/mol. The molecule has 0 saturated carbocycles. The van der Waals surface area contributed by atoms with Gasteiger partial charge in [0.1, 0.15) is 6.10 Å². The van der Waals surface area contributed by atoms with E-state index in [1.165, 1.54) is 0 Å². The number of rotatable bonds is 9. The van der Waals surface area contributed by atoms with Crippen LogP contribution < -0.4 is 0 Å². The number of allylic oxidation sites excluding steroid dienone is 1. The zero-order chi connectivity index (χ0) is 30.3. The molecule has 3 saturated heterocycles. The molecule has 3 aliphatic rings. The first-order chi connectivity index (χ1) is 19.3. The second kappa shape index (κ2) is 15.8. The summed E-state index contributed by atoms with van der Waals surface area (Å²) < 4.78 is 32.8. The lowest BCUT2D eigenvalue weighted by Gasteiger charge is -2.47. The van der Waals surface area contributed by atoms with E-state index in [1.807, 2.05) is 7.11 Å². The van der Waals surface area contributed by atoms with Crippen LogP contribution >= 0.6 is 0 Å². The summed E-state index contributed by atoms with van der Waals surface area (Å²) in [4.78, 5) is 13.4. The Labute approximate surface area is 252 Å². The molecule has 8 atom stereocenters. The van der Waals surface area contributed by atoms with E-state index in [1.54, 1.807) is 0 Å². The van der Waals surface area contributed by atoms with Crippen LogP contribution in [0, 0.1) is 11.8 Å². The van der Waals surface area contributed by atoms with Gasteiger partial charge in [-0.1, -0.05) is 68.4 Å². The largest absolute Gasteiger partial charge is 0.458 e. The molecule has 3 rings (SSSR count). The molecule has 0 unspecified atom stereocenters. The van der Waals surface area contributed by atoms with Gasteiger partial charge >= 0.3 is 5.97 Å². The number of ether oxygens (including phenoxy) is 4. The van der Waals surface area contributed by atoms with Crippen LogP contribution in [0.3, 0.4) is 0 Å². The Bertz CT molecular complexity index is 804. The number of fused-ring (bicyclic) bond motifs is 4. The summed E-state index contributed by atoms with van der Waals surface area (Å²) in [5, 5.41) is 0. The highest BCUT2D eigenvalue weighted by Crippen LogP contribution is 2.45. The lowest BCUT2D eigenvalue weighted by Crippen LogP contribution is -2.53. The maximum atomic E-state index is 13.4. The topological polar surface area (TPSA) is 63.2 Å². The van der Waals surface area contributed by atoms with E-state index in [2.05, 4.69) is 74.5 Å². The summed E-state index contributed by atoms with van der Waals surface area (Å²) in [6.45, 7) is 20.7. The summed E-state index contributed by atoms with van der Waals surface area (Å²) in [6, 6.07) is 0. The van der Waals surface area contributed by atoms with E-state index in [4.69, 9.17) is 23.4 Å². The van der Waals surface area contributed by atoms with E-state index in [-0.39, 0.29) is 55.1 Å². The smallest absolute Gasteiger partial charge is 0.309 e. The fraction of sp³-hybridized carbons (Fsp3) is 0.912. The Kier molecular flexibility index (Phi) is 13.4. The highest BCUT2D eigenvalue weighted by molar-refractivity contribution is 6.77. The molecule has 3 fully saturated rings. The Morgan fingerprint density at radius 3 is 2.07 bits per heavy atom. The van der Waals surface area contributed by atoms with Gasteiger partial charge in [0.15, 0.2) is 0 Å². The van der Waals surface area contributed by atoms with Crippen LogP contribution in [-0.2, 0) is 28.2 Å². The molecule has 4 bridgehead atoms. The maximum absolute atomic E-state index is 13.4. The normalized spacial score (nSPS) is 34.4. The Balaban J connectivity index is 1.88. The molecule has 41 heavy (non-hydrogen) atoms. The van der Waals surface area contributed by atoms with E-state index in [0.717, 1.165) is 44.9 Å². The van der Waals surface area contributed by atoms with Crippen LogP contribution in [-0.4, -0.2) is 64.1 Å². The van der Waals surface area contributed by atoms with Crippen molar-refractivity contribution in [2.24, 2.45) is 11.8 Å². The van der Waals surface area contributed by atoms with Gasteiger partial charge in [-0.3, -0.25) is 4.79 Å². The third kappa shape index (κ3) is 9.63. The van der Waals surface area contributed by atoms with Crippen molar-refractivity contribution in [1.82, 2.24) is 0 Å². The molecular formula is C34H62O6Si. The van der Waals surface area contributed by atoms with Gasteiger partial charge in [0.25, 0.3) is 0 Å². The highest BCUT2D eigenvalue weighted by atomic mass is 28.4. The van der Waals surface area contributed by atoms with Gasteiger partial charge in [-0.25, -0.2) is 0 Å². The minimum absolute atomic E-state index is 0.0194. The molecule has 3 heterocycles. The van der Waals surface area contributed by atoms with Gasteiger partial charge in [-0.2, -0.15) is 0 Å². The summed E-state index contributed by atoms with van der Waals surface area (Å²) in [5.74, 6) is 0.847. The second-order valence-corrected chi connectivity index (χ2v) is 20.0. The molecule has 0 aromatic heterocycles. The van der Waals surface area contributed by atoms with Crippen molar-refractivity contribution in [3.63, 3.8) is 0 Å². The van der Waals surface area contributed by atoms with Crippen molar-refractivity contribution >= 4 is 14.3 Å². The average molecular weight is 595 g/mol. The molecule has 7 heteroatoms. The van der Waals surface area contributed by atoms with Gasteiger partial charge in [-0.15, -0.1) is 0 Å². The summed E-state index contributed by atoms with van der Waals surface area (Å²) in [6.07, 6.45) is 11.4. The SMILES string of the molecule is CO[C@H]1C[C@H]2C[C@@H](O[Si](C(C)C)(C(C)C)C(C)C)C[C@@H](CC(=O)O[C@@H](/C=C/CC(C)C)C[C@@H]3CC[C@H](C)[C@@H](C1)O3)O2. The molecule has 6 nitrogen and oxygen atoms in total. The van der Waals surface area contributed by atoms with Crippen LogP contribution in [0.4, 0.5) is 0 Å². The molecule has 0 N–H and O–H groups in total. The van der Waals surface area contributed by atoms with Crippen molar-refractivity contribution in [2.45, 2.75) is 179 Å². The van der Waals surface area contributed by atoms with Crippen molar-refractivity contribution in [2.75, 3.05) is 7.11 Å². The van der Waals surface area contributed by atoms with Gasteiger partial charge < -0.3 is 23.4 Å². The van der Waals surface area contributed by atoms with E-state index >= 15 is 0 Å². The summed E-state index contributed by atoms with van der Waals surface area (Å²) in [5.41, 5.74) is 1.52. The third-order valence-corrected chi connectivity index (χ3v) is 16.1. The first-order valence-electron chi connectivity index (χ1n) is 16.7. The molecule has 238 valence electrons. The molecular weight excluding hydrogens is 532 g/mol. The first-order valence-corrected chi connectivity index (χ1v) is 18.9. The first kappa shape index (κ1) is 34.8. The minimum Gasteiger partial charge on any atom is -0.458 e. The molecule has 0 aliphatic carbocycles. The van der Waals surface area contributed by atoms with Crippen LogP contribution in [0.5, 0.6) is 0 Å². The number of hydrogen-bond acceptors (Lipinski definition) is 6. The molecule has 3 aliphatic heterocycles. The fourth-order valence-electron chi connectivity index (χ4n) is 7.86. The third-order valence-electron chi connectivity index (χ3n) is 9.95. The molecule has 0 amide bonds. The number of methoxy groups -OCH3 is 1. The number of esters is 1. The number of cyclic esters (lactones) is 1. The number of hydrogen-bond donors (Lipinski definition) is 0. The zero-order valence-corrected chi connectivity index (χ0v) is 28.9. The van der Waals surface area contributed by atoms with Crippen LogP contribution in [0.1, 0.15) is 120 Å². The average Bonchev–Trinajstić information content (AvgIpc) is 2.87. The maximum Gasteiger partial charge on any atom is 0.309 e. The fourth-order valence-corrected chi connectivity index (χ4v) is 13.4. The Hall–Kier alpha value is -0.733. The molecule has 0 aromatic carbocycles. The number of carbonyl (C=O) groups is 1. The van der Waals surface area contributed by atoms with Gasteiger partial charge in [0, 0.05) is 20.0 Å². The van der Waals surface area contributed by atoms with Crippen molar-refractivity contribution < 1.29 is 28.2 Å². The predicted octanol–water partition coefficient (Wildman–Crippen LogP) is 8.38. The lowest BCUT2D eigenvalue weighted by molar-refractivity contribution is -0.164. The van der Waals surface area contributed by atoms with Gasteiger partial charge in [-0.05, 0) is 73.1 Å². The predicted molar refractivity (Wildman–Crippen MR) is 169 cm³/mol.